The van der Waals surface area contributed by atoms with Gasteiger partial charge in [-0.1, -0.05) is 13.8 Å². The second kappa shape index (κ2) is 9.32. The minimum Gasteiger partial charge on any atom is -0.381 e. The van der Waals surface area contributed by atoms with Gasteiger partial charge in [-0.2, -0.15) is 0 Å². The first kappa shape index (κ1) is 19.2. The van der Waals surface area contributed by atoms with Gasteiger partial charge in [0, 0.05) is 52.8 Å². The van der Waals surface area contributed by atoms with Crippen molar-refractivity contribution in [3.63, 3.8) is 0 Å². The van der Waals surface area contributed by atoms with E-state index in [9.17, 15) is 8.42 Å². The lowest BCUT2D eigenvalue weighted by Gasteiger charge is -2.25. The Hall–Kier alpha value is -0.860. The van der Waals surface area contributed by atoms with E-state index in [-0.39, 0.29) is 5.75 Å². The summed E-state index contributed by atoms with van der Waals surface area (Å²) in [6.45, 7) is 7.56. The number of hydrogen-bond donors (Lipinski definition) is 1. The molecular weight excluding hydrogens is 304 g/mol. The second-order valence-corrected chi connectivity index (χ2v) is 7.57. The summed E-state index contributed by atoms with van der Waals surface area (Å²) in [5.74, 6) is 1.32. The zero-order valence-corrected chi connectivity index (χ0v) is 15.0. The van der Waals surface area contributed by atoms with Crippen LogP contribution in [-0.2, 0) is 14.8 Å². The number of hydrogen-bond acceptors (Lipinski definition) is 4. The summed E-state index contributed by atoms with van der Waals surface area (Å²) in [7, 11) is 0.479. The van der Waals surface area contributed by atoms with Crippen LogP contribution >= 0.6 is 0 Å². The quantitative estimate of drug-likeness (QED) is 0.507. The Morgan fingerprint density at radius 2 is 2.05 bits per heavy atom. The third kappa shape index (κ3) is 5.73. The third-order valence-corrected chi connectivity index (χ3v) is 5.89. The number of nitrogens with one attached hydrogen (secondary N) is 1. The molecule has 0 aromatic heterocycles. The largest absolute Gasteiger partial charge is 0.381 e. The van der Waals surface area contributed by atoms with Crippen molar-refractivity contribution in [2.24, 2.45) is 10.9 Å². The number of guanidine groups is 1. The zero-order valence-electron chi connectivity index (χ0n) is 14.2. The molecule has 1 rings (SSSR count). The number of rotatable bonds is 8. The number of nitrogens with zero attached hydrogens (tertiary/aromatic N) is 3. The average molecular weight is 334 g/mol. The Kier molecular flexibility index (Phi) is 8.13. The van der Waals surface area contributed by atoms with Gasteiger partial charge in [0.05, 0.1) is 12.4 Å². The van der Waals surface area contributed by atoms with Crippen molar-refractivity contribution in [2.75, 3.05) is 59.2 Å². The van der Waals surface area contributed by atoms with Gasteiger partial charge in [-0.05, 0) is 6.42 Å². The van der Waals surface area contributed by atoms with E-state index in [4.69, 9.17) is 4.74 Å². The topological polar surface area (TPSA) is 74.2 Å². The minimum absolute atomic E-state index is 0.0775. The number of aliphatic imine (C=N–C) groups is 1. The van der Waals surface area contributed by atoms with Crippen LogP contribution < -0.4 is 5.32 Å². The van der Waals surface area contributed by atoms with Gasteiger partial charge in [-0.3, -0.25) is 4.99 Å². The monoisotopic (exact) mass is 334 g/mol. The fourth-order valence-corrected chi connectivity index (χ4v) is 4.03. The maximum absolute atomic E-state index is 12.1. The minimum atomic E-state index is -3.20. The smallest absolute Gasteiger partial charge is 0.215 e. The van der Waals surface area contributed by atoms with Gasteiger partial charge in [-0.15, -0.1) is 0 Å². The van der Waals surface area contributed by atoms with E-state index in [2.05, 4.69) is 10.3 Å². The Morgan fingerprint density at radius 1 is 1.36 bits per heavy atom. The van der Waals surface area contributed by atoms with Crippen LogP contribution in [0.25, 0.3) is 0 Å². The zero-order chi connectivity index (χ0) is 16.6. The lowest BCUT2D eigenvalue weighted by molar-refractivity contribution is 0.181. The van der Waals surface area contributed by atoms with E-state index >= 15 is 0 Å². The maximum Gasteiger partial charge on any atom is 0.215 e. The number of ether oxygens (including phenoxy) is 1. The van der Waals surface area contributed by atoms with Crippen molar-refractivity contribution in [1.29, 1.82) is 0 Å². The normalized spacial score (nSPS) is 19.7. The summed E-state index contributed by atoms with van der Waals surface area (Å²) >= 11 is 0. The van der Waals surface area contributed by atoms with E-state index in [1.54, 1.807) is 7.05 Å². The lowest BCUT2D eigenvalue weighted by atomic mass is 10.1. The van der Waals surface area contributed by atoms with Crippen LogP contribution in [0.15, 0.2) is 4.99 Å². The molecule has 130 valence electrons. The standard InChI is InChI=1S/C14H30N4O3S/c1-5-18(6-2)22(19,20)10-8-16-14(15-3)17(4)11-13-7-9-21-12-13/h13H,5-12H2,1-4H3,(H,15,16). The first-order valence-corrected chi connectivity index (χ1v) is 9.52. The van der Waals surface area contributed by atoms with Crippen LogP contribution in [-0.4, -0.2) is 82.8 Å². The summed E-state index contributed by atoms with van der Waals surface area (Å²) in [4.78, 5) is 6.25. The molecule has 1 saturated heterocycles. The van der Waals surface area contributed by atoms with E-state index < -0.39 is 10.0 Å². The molecule has 0 amide bonds. The van der Waals surface area contributed by atoms with Gasteiger partial charge in [0.1, 0.15) is 0 Å². The average Bonchev–Trinajstić information content (AvgIpc) is 2.97. The van der Waals surface area contributed by atoms with E-state index in [1.807, 2.05) is 25.8 Å². The van der Waals surface area contributed by atoms with E-state index in [0.29, 0.717) is 25.6 Å². The van der Waals surface area contributed by atoms with Gasteiger partial charge in [0.2, 0.25) is 10.0 Å². The molecule has 7 nitrogen and oxygen atoms in total. The first-order valence-electron chi connectivity index (χ1n) is 7.91. The molecular formula is C14H30N4O3S. The lowest BCUT2D eigenvalue weighted by Crippen LogP contribution is -2.44. The van der Waals surface area contributed by atoms with Gasteiger partial charge in [0.25, 0.3) is 0 Å². The molecule has 1 aliphatic rings. The highest BCUT2D eigenvalue weighted by atomic mass is 32.2. The SMILES string of the molecule is CCN(CC)S(=O)(=O)CCNC(=NC)N(C)CC1CCOC1. The molecule has 22 heavy (non-hydrogen) atoms. The molecule has 0 bridgehead atoms. The molecule has 8 heteroatoms. The molecule has 0 radical (unpaired) electrons. The van der Waals surface area contributed by atoms with E-state index in [0.717, 1.165) is 32.1 Å². The van der Waals surface area contributed by atoms with Crippen LogP contribution in [0.2, 0.25) is 0 Å². The first-order chi connectivity index (χ1) is 10.4. The third-order valence-electron chi connectivity index (χ3n) is 3.87. The summed E-state index contributed by atoms with van der Waals surface area (Å²) < 4.78 is 31.1. The molecule has 0 aromatic rings. The van der Waals surface area contributed by atoms with Crippen LogP contribution in [0.1, 0.15) is 20.3 Å². The summed E-state index contributed by atoms with van der Waals surface area (Å²) in [6.07, 6.45) is 1.07. The highest BCUT2D eigenvalue weighted by Gasteiger charge is 2.21. The molecule has 0 spiro atoms. The van der Waals surface area contributed by atoms with E-state index in [1.165, 1.54) is 4.31 Å². The molecule has 1 aliphatic heterocycles. The highest BCUT2D eigenvalue weighted by molar-refractivity contribution is 7.89. The highest BCUT2D eigenvalue weighted by Crippen LogP contribution is 2.13. The predicted molar refractivity (Wildman–Crippen MR) is 89.6 cm³/mol. The summed E-state index contributed by atoms with van der Waals surface area (Å²) in [6, 6.07) is 0. The molecule has 1 atom stereocenters. The number of sulfonamides is 1. The Morgan fingerprint density at radius 3 is 2.55 bits per heavy atom. The van der Waals surface area contributed by atoms with Crippen molar-refractivity contribution < 1.29 is 13.2 Å². The summed E-state index contributed by atoms with van der Waals surface area (Å²) in [5.41, 5.74) is 0. The van der Waals surface area contributed by atoms with Gasteiger partial charge < -0.3 is 15.0 Å². The predicted octanol–water partition coefficient (Wildman–Crippen LogP) is 0.202. The molecule has 0 aromatic carbocycles. The van der Waals surface area contributed by atoms with Crippen LogP contribution in [0.3, 0.4) is 0 Å². The molecule has 1 N–H and O–H groups in total. The van der Waals surface area contributed by atoms with Gasteiger partial charge in [-0.25, -0.2) is 12.7 Å². The van der Waals surface area contributed by atoms with Crippen molar-refractivity contribution in [1.82, 2.24) is 14.5 Å². The molecule has 1 unspecified atom stereocenters. The molecule has 1 heterocycles. The molecule has 0 saturated carbocycles. The summed E-state index contributed by atoms with van der Waals surface area (Å²) in [5, 5.41) is 3.13. The van der Waals surface area contributed by atoms with Gasteiger partial charge >= 0.3 is 0 Å². The molecule has 1 fully saturated rings. The van der Waals surface area contributed by atoms with Crippen molar-refractivity contribution in [2.45, 2.75) is 20.3 Å². The van der Waals surface area contributed by atoms with Crippen LogP contribution in [0.4, 0.5) is 0 Å². The van der Waals surface area contributed by atoms with Crippen molar-refractivity contribution >= 4 is 16.0 Å². The fourth-order valence-electron chi connectivity index (χ4n) is 2.62. The fraction of sp³-hybridized carbons (Fsp3) is 0.929. The van der Waals surface area contributed by atoms with Crippen molar-refractivity contribution in [3.8, 4) is 0 Å². The Bertz CT molecular complexity index is 443. The molecule has 0 aliphatic carbocycles. The van der Waals surface area contributed by atoms with Crippen LogP contribution in [0, 0.1) is 5.92 Å². The Labute approximate surface area is 134 Å². The van der Waals surface area contributed by atoms with Crippen LogP contribution in [0.5, 0.6) is 0 Å². The van der Waals surface area contributed by atoms with Crippen molar-refractivity contribution in [3.05, 3.63) is 0 Å². The van der Waals surface area contributed by atoms with Gasteiger partial charge in [0.15, 0.2) is 5.96 Å². The maximum atomic E-state index is 12.1. The Balaban J connectivity index is 2.43. The second-order valence-electron chi connectivity index (χ2n) is 5.48.